The largest absolute Gasteiger partial charge is 0.506 e. The molecule has 0 saturated carbocycles. The molecule has 0 aromatic heterocycles. The summed E-state index contributed by atoms with van der Waals surface area (Å²) in [7, 11) is 0. The third-order valence-corrected chi connectivity index (χ3v) is 1.81. The number of phenols is 1. The van der Waals surface area contributed by atoms with Crippen molar-refractivity contribution in [2.24, 2.45) is 5.92 Å². The van der Waals surface area contributed by atoms with Crippen LogP contribution in [0.2, 0.25) is 0 Å². The van der Waals surface area contributed by atoms with Crippen molar-refractivity contribution in [2.75, 3.05) is 12.3 Å². The second-order valence-electron chi connectivity index (χ2n) is 3.77. The molecule has 0 spiro atoms. The van der Waals surface area contributed by atoms with Crippen molar-refractivity contribution < 1.29 is 14.6 Å². The SMILES string of the molecule is CC(C)COC(=O)c1ccc(N)c(O)c1. The number of benzene rings is 1. The summed E-state index contributed by atoms with van der Waals surface area (Å²) in [6, 6.07) is 4.30. The molecule has 0 fully saturated rings. The highest BCUT2D eigenvalue weighted by atomic mass is 16.5. The minimum atomic E-state index is -0.445. The van der Waals surface area contributed by atoms with Gasteiger partial charge in [0.15, 0.2) is 0 Å². The summed E-state index contributed by atoms with van der Waals surface area (Å²) in [5.74, 6) is -0.260. The molecule has 1 aromatic carbocycles. The lowest BCUT2D eigenvalue weighted by Crippen LogP contribution is -2.10. The van der Waals surface area contributed by atoms with Gasteiger partial charge in [-0.3, -0.25) is 0 Å². The number of nitrogen functional groups attached to an aromatic ring is 1. The summed E-state index contributed by atoms with van der Waals surface area (Å²) in [5.41, 5.74) is 5.96. The van der Waals surface area contributed by atoms with E-state index in [0.717, 1.165) is 0 Å². The van der Waals surface area contributed by atoms with Crippen molar-refractivity contribution in [1.82, 2.24) is 0 Å². The van der Waals surface area contributed by atoms with Gasteiger partial charge in [-0.25, -0.2) is 4.79 Å². The molecule has 1 rings (SSSR count). The quantitative estimate of drug-likeness (QED) is 0.452. The zero-order valence-corrected chi connectivity index (χ0v) is 8.86. The van der Waals surface area contributed by atoms with E-state index in [1.165, 1.54) is 18.2 Å². The Balaban J connectivity index is 2.70. The maximum absolute atomic E-state index is 11.4. The van der Waals surface area contributed by atoms with Crippen LogP contribution in [-0.4, -0.2) is 17.7 Å². The van der Waals surface area contributed by atoms with Crippen LogP contribution >= 0.6 is 0 Å². The number of phenolic OH excluding ortho intramolecular Hbond substituents is 1. The predicted octanol–water partition coefficient (Wildman–Crippen LogP) is 1.79. The summed E-state index contributed by atoms with van der Waals surface area (Å²) < 4.78 is 4.99. The summed E-state index contributed by atoms with van der Waals surface area (Å²) in [5, 5.41) is 9.29. The molecule has 0 aliphatic carbocycles. The summed E-state index contributed by atoms with van der Waals surface area (Å²) in [6.45, 7) is 4.27. The van der Waals surface area contributed by atoms with Crippen LogP contribution in [-0.2, 0) is 4.74 Å². The van der Waals surface area contributed by atoms with Crippen molar-refractivity contribution in [3.05, 3.63) is 23.8 Å². The molecule has 0 radical (unpaired) electrons. The first kappa shape index (κ1) is 11.4. The number of esters is 1. The molecule has 0 heterocycles. The number of hydrogen-bond donors (Lipinski definition) is 2. The minimum Gasteiger partial charge on any atom is -0.506 e. The van der Waals surface area contributed by atoms with Crippen molar-refractivity contribution in [1.29, 1.82) is 0 Å². The number of carbonyl (C=O) groups is 1. The Bertz CT molecular complexity index is 361. The Morgan fingerprint density at radius 1 is 1.53 bits per heavy atom. The first-order valence-corrected chi connectivity index (χ1v) is 4.76. The van der Waals surface area contributed by atoms with E-state index in [1.807, 2.05) is 13.8 Å². The summed E-state index contributed by atoms with van der Waals surface area (Å²) in [6.07, 6.45) is 0. The van der Waals surface area contributed by atoms with E-state index in [-0.39, 0.29) is 17.4 Å². The second kappa shape index (κ2) is 4.68. The smallest absolute Gasteiger partial charge is 0.338 e. The maximum atomic E-state index is 11.4. The number of aromatic hydroxyl groups is 1. The standard InChI is InChI=1S/C11H15NO3/c1-7(2)6-15-11(14)8-3-4-9(12)10(13)5-8/h3-5,7,13H,6,12H2,1-2H3. The van der Waals surface area contributed by atoms with E-state index in [0.29, 0.717) is 12.2 Å². The molecule has 0 amide bonds. The highest BCUT2D eigenvalue weighted by molar-refractivity contribution is 5.90. The van der Waals surface area contributed by atoms with E-state index in [9.17, 15) is 9.90 Å². The zero-order chi connectivity index (χ0) is 11.4. The van der Waals surface area contributed by atoms with Crippen LogP contribution in [0.25, 0.3) is 0 Å². The van der Waals surface area contributed by atoms with Gasteiger partial charge in [0.2, 0.25) is 0 Å². The fourth-order valence-electron chi connectivity index (χ4n) is 0.996. The number of anilines is 1. The second-order valence-corrected chi connectivity index (χ2v) is 3.77. The topological polar surface area (TPSA) is 72.5 Å². The highest BCUT2D eigenvalue weighted by Gasteiger charge is 2.09. The summed E-state index contributed by atoms with van der Waals surface area (Å²) >= 11 is 0. The van der Waals surface area contributed by atoms with E-state index < -0.39 is 5.97 Å². The van der Waals surface area contributed by atoms with Gasteiger partial charge < -0.3 is 15.6 Å². The lowest BCUT2D eigenvalue weighted by Gasteiger charge is -2.07. The minimum absolute atomic E-state index is 0.103. The normalized spacial score (nSPS) is 10.3. The van der Waals surface area contributed by atoms with E-state index >= 15 is 0 Å². The molecule has 0 unspecified atom stereocenters. The molecule has 4 heteroatoms. The molecule has 1 aromatic rings. The van der Waals surface area contributed by atoms with Crippen LogP contribution in [0.15, 0.2) is 18.2 Å². The molecule has 0 atom stereocenters. The van der Waals surface area contributed by atoms with Crippen molar-refractivity contribution >= 4 is 11.7 Å². The van der Waals surface area contributed by atoms with Gasteiger partial charge in [-0.15, -0.1) is 0 Å². The number of nitrogens with two attached hydrogens (primary N) is 1. The fraction of sp³-hybridized carbons (Fsp3) is 0.364. The predicted molar refractivity (Wildman–Crippen MR) is 57.6 cm³/mol. The van der Waals surface area contributed by atoms with Crippen molar-refractivity contribution in [3.63, 3.8) is 0 Å². The Hall–Kier alpha value is -1.71. The van der Waals surface area contributed by atoms with Crippen molar-refractivity contribution in [3.8, 4) is 5.75 Å². The van der Waals surface area contributed by atoms with Crippen LogP contribution in [0.1, 0.15) is 24.2 Å². The average Bonchev–Trinajstić information content (AvgIpc) is 2.18. The molecule has 0 bridgehead atoms. The van der Waals surface area contributed by atoms with Crippen LogP contribution in [0.3, 0.4) is 0 Å². The van der Waals surface area contributed by atoms with E-state index in [1.54, 1.807) is 0 Å². The molecule has 0 saturated heterocycles. The Morgan fingerprint density at radius 2 is 2.20 bits per heavy atom. The molecule has 15 heavy (non-hydrogen) atoms. The Kier molecular flexibility index (Phi) is 3.55. The molecule has 0 aliphatic rings. The lowest BCUT2D eigenvalue weighted by molar-refractivity contribution is 0.0458. The van der Waals surface area contributed by atoms with Gasteiger partial charge >= 0.3 is 5.97 Å². The molecule has 82 valence electrons. The Morgan fingerprint density at radius 3 is 2.73 bits per heavy atom. The fourth-order valence-corrected chi connectivity index (χ4v) is 0.996. The van der Waals surface area contributed by atoms with Gasteiger partial charge in [-0.1, -0.05) is 13.8 Å². The van der Waals surface area contributed by atoms with Gasteiger partial charge in [0.05, 0.1) is 17.9 Å². The van der Waals surface area contributed by atoms with Crippen molar-refractivity contribution in [2.45, 2.75) is 13.8 Å². The molecular weight excluding hydrogens is 194 g/mol. The maximum Gasteiger partial charge on any atom is 0.338 e. The van der Waals surface area contributed by atoms with Gasteiger partial charge in [0, 0.05) is 0 Å². The summed E-state index contributed by atoms with van der Waals surface area (Å²) in [4.78, 5) is 11.4. The molecule has 0 aliphatic heterocycles. The van der Waals surface area contributed by atoms with Crippen LogP contribution in [0, 0.1) is 5.92 Å². The van der Waals surface area contributed by atoms with Crippen LogP contribution in [0.4, 0.5) is 5.69 Å². The average molecular weight is 209 g/mol. The first-order chi connectivity index (χ1) is 7.00. The van der Waals surface area contributed by atoms with E-state index in [2.05, 4.69) is 0 Å². The highest BCUT2D eigenvalue weighted by Crippen LogP contribution is 2.21. The molecule has 3 N–H and O–H groups in total. The number of ether oxygens (including phenoxy) is 1. The third-order valence-electron chi connectivity index (χ3n) is 1.81. The Labute approximate surface area is 88.7 Å². The molecular formula is C11H15NO3. The van der Waals surface area contributed by atoms with Gasteiger partial charge in [-0.2, -0.15) is 0 Å². The van der Waals surface area contributed by atoms with Gasteiger partial charge in [-0.05, 0) is 24.1 Å². The first-order valence-electron chi connectivity index (χ1n) is 4.76. The van der Waals surface area contributed by atoms with Crippen LogP contribution in [0.5, 0.6) is 5.75 Å². The monoisotopic (exact) mass is 209 g/mol. The van der Waals surface area contributed by atoms with E-state index in [4.69, 9.17) is 10.5 Å². The number of hydrogen-bond acceptors (Lipinski definition) is 4. The van der Waals surface area contributed by atoms with Gasteiger partial charge in [0.1, 0.15) is 5.75 Å². The molecule has 4 nitrogen and oxygen atoms in total. The third kappa shape index (κ3) is 3.16. The van der Waals surface area contributed by atoms with Gasteiger partial charge in [0.25, 0.3) is 0 Å². The lowest BCUT2D eigenvalue weighted by atomic mass is 10.2. The number of rotatable bonds is 3. The number of carbonyl (C=O) groups excluding carboxylic acids is 1. The van der Waals surface area contributed by atoms with Crippen LogP contribution < -0.4 is 5.73 Å². The zero-order valence-electron chi connectivity index (χ0n) is 8.86.